The predicted molar refractivity (Wildman–Crippen MR) is 103 cm³/mol. The van der Waals surface area contributed by atoms with Crippen molar-refractivity contribution in [2.75, 3.05) is 18.5 Å². The molecule has 7 nitrogen and oxygen atoms in total. The number of hydrogen-bond acceptors (Lipinski definition) is 6. The second-order valence-corrected chi connectivity index (χ2v) is 5.91. The molecule has 2 aromatic carbocycles. The highest BCUT2D eigenvalue weighted by atomic mass is 19.1. The number of nitrogens with zero attached hydrogens (tertiary/aromatic N) is 2. The monoisotopic (exact) mass is 382 g/mol. The smallest absolute Gasteiger partial charge is 0.267 e. The van der Waals surface area contributed by atoms with Crippen LogP contribution in [-0.2, 0) is 0 Å². The van der Waals surface area contributed by atoms with Crippen LogP contribution in [0.5, 0.6) is 11.5 Å². The van der Waals surface area contributed by atoms with Crippen LogP contribution in [0.25, 0.3) is 11.4 Å². The highest BCUT2D eigenvalue weighted by Gasteiger charge is 2.11. The topological polar surface area (TPSA) is 110 Å². The van der Waals surface area contributed by atoms with Crippen LogP contribution in [0.3, 0.4) is 0 Å². The molecule has 0 unspecified atom stereocenters. The van der Waals surface area contributed by atoms with Crippen LogP contribution < -0.4 is 15.8 Å². The van der Waals surface area contributed by atoms with E-state index in [1.807, 2.05) is 0 Å². The summed E-state index contributed by atoms with van der Waals surface area (Å²) in [5.41, 5.74) is 6.11. The quantitative estimate of drug-likeness (QED) is 0.517. The number of carbonyl (C=O) groups is 1. The van der Waals surface area contributed by atoms with Gasteiger partial charge < -0.3 is 20.9 Å². The van der Waals surface area contributed by atoms with Gasteiger partial charge in [-0.15, -0.1) is 0 Å². The Kier molecular flexibility index (Phi) is 6.13. The predicted octanol–water partition coefficient (Wildman–Crippen LogP) is 2.97. The molecule has 0 atom stereocenters. The van der Waals surface area contributed by atoms with Crippen LogP contribution in [0.2, 0.25) is 0 Å². The normalized spacial score (nSPS) is 10.5. The van der Waals surface area contributed by atoms with E-state index in [0.29, 0.717) is 41.7 Å². The summed E-state index contributed by atoms with van der Waals surface area (Å²) in [7, 11) is 0. The number of aliphatic hydroxyl groups excluding tert-OH is 1. The van der Waals surface area contributed by atoms with E-state index < -0.39 is 5.91 Å². The van der Waals surface area contributed by atoms with Crippen molar-refractivity contribution in [2.24, 2.45) is 5.73 Å². The maximum Gasteiger partial charge on any atom is 0.267 e. The fourth-order valence-corrected chi connectivity index (χ4v) is 2.40. The third-order valence-corrected chi connectivity index (χ3v) is 3.78. The number of ether oxygens (including phenoxy) is 1. The summed E-state index contributed by atoms with van der Waals surface area (Å²) in [6, 6.07) is 14.1. The molecular formula is C20H19FN4O3. The Labute approximate surface area is 161 Å². The van der Waals surface area contributed by atoms with Crippen molar-refractivity contribution < 1.29 is 19.0 Å². The first-order valence-electron chi connectivity index (χ1n) is 8.62. The Hall–Kier alpha value is -3.52. The molecule has 3 aromatic rings. The Morgan fingerprint density at radius 2 is 1.71 bits per heavy atom. The van der Waals surface area contributed by atoms with E-state index in [-0.39, 0.29) is 18.1 Å². The summed E-state index contributed by atoms with van der Waals surface area (Å²) in [5, 5.41) is 11.9. The SMILES string of the molecule is NC(=O)c1cc(NCCCO)nc(-c2ccc(Oc3ccc(F)cc3)cc2)n1. The number of aliphatic hydroxyl groups is 1. The lowest BCUT2D eigenvalue weighted by Gasteiger charge is -2.10. The molecular weight excluding hydrogens is 363 g/mol. The van der Waals surface area contributed by atoms with E-state index in [4.69, 9.17) is 15.6 Å². The zero-order chi connectivity index (χ0) is 19.9. The standard InChI is InChI=1S/C20H19FN4O3/c21-14-4-8-16(9-5-14)28-15-6-2-13(3-7-15)20-24-17(19(22)27)12-18(25-20)23-10-1-11-26/h2-9,12,26H,1,10-11H2,(H2,22,27)(H,23,24,25). The van der Waals surface area contributed by atoms with Crippen LogP contribution in [0.15, 0.2) is 54.6 Å². The number of benzene rings is 2. The van der Waals surface area contributed by atoms with Crippen LogP contribution in [0.4, 0.5) is 10.2 Å². The van der Waals surface area contributed by atoms with Gasteiger partial charge in [0, 0.05) is 24.8 Å². The van der Waals surface area contributed by atoms with Crippen LogP contribution in [0, 0.1) is 5.82 Å². The highest BCUT2D eigenvalue weighted by Crippen LogP contribution is 2.25. The Balaban J connectivity index is 1.81. The van der Waals surface area contributed by atoms with Gasteiger partial charge in [0.05, 0.1) is 0 Å². The van der Waals surface area contributed by atoms with Crippen molar-refractivity contribution in [2.45, 2.75) is 6.42 Å². The van der Waals surface area contributed by atoms with Crippen molar-refractivity contribution >= 4 is 11.7 Å². The fraction of sp³-hybridized carbons (Fsp3) is 0.150. The van der Waals surface area contributed by atoms with Gasteiger partial charge in [0.25, 0.3) is 5.91 Å². The molecule has 28 heavy (non-hydrogen) atoms. The number of carbonyl (C=O) groups excluding carboxylic acids is 1. The maximum absolute atomic E-state index is 13.0. The molecule has 3 rings (SSSR count). The Morgan fingerprint density at radius 1 is 1.07 bits per heavy atom. The third kappa shape index (κ3) is 5.01. The lowest BCUT2D eigenvalue weighted by molar-refractivity contribution is 0.0995. The number of halogens is 1. The summed E-state index contributed by atoms with van der Waals surface area (Å²) in [6.45, 7) is 0.540. The van der Waals surface area contributed by atoms with E-state index in [2.05, 4.69) is 15.3 Å². The van der Waals surface area contributed by atoms with E-state index in [1.165, 1.54) is 30.3 Å². The Bertz CT molecular complexity index is 947. The summed E-state index contributed by atoms with van der Waals surface area (Å²) in [6.07, 6.45) is 0.542. The van der Waals surface area contributed by atoms with Gasteiger partial charge in [0.2, 0.25) is 0 Å². The largest absolute Gasteiger partial charge is 0.457 e. The molecule has 1 aromatic heterocycles. The van der Waals surface area contributed by atoms with Gasteiger partial charge in [-0.25, -0.2) is 14.4 Å². The number of aromatic nitrogens is 2. The molecule has 0 fully saturated rings. The van der Waals surface area contributed by atoms with Crippen LogP contribution >= 0.6 is 0 Å². The number of anilines is 1. The van der Waals surface area contributed by atoms with Gasteiger partial charge in [0.15, 0.2) is 5.82 Å². The van der Waals surface area contributed by atoms with Crippen molar-refractivity contribution in [3.05, 3.63) is 66.1 Å². The highest BCUT2D eigenvalue weighted by molar-refractivity contribution is 5.92. The van der Waals surface area contributed by atoms with Crippen LogP contribution in [-0.4, -0.2) is 34.1 Å². The second-order valence-electron chi connectivity index (χ2n) is 5.91. The molecule has 0 spiro atoms. The zero-order valence-corrected chi connectivity index (χ0v) is 14.9. The van der Waals surface area contributed by atoms with E-state index in [0.717, 1.165) is 0 Å². The van der Waals surface area contributed by atoms with Crippen molar-refractivity contribution in [1.82, 2.24) is 9.97 Å². The van der Waals surface area contributed by atoms with Gasteiger partial charge in [-0.3, -0.25) is 4.79 Å². The van der Waals surface area contributed by atoms with E-state index >= 15 is 0 Å². The van der Waals surface area contributed by atoms with Crippen LogP contribution in [0.1, 0.15) is 16.9 Å². The first kappa shape index (κ1) is 19.2. The van der Waals surface area contributed by atoms with Crippen molar-refractivity contribution in [3.63, 3.8) is 0 Å². The summed E-state index contributed by atoms with van der Waals surface area (Å²) < 4.78 is 18.6. The average molecular weight is 382 g/mol. The summed E-state index contributed by atoms with van der Waals surface area (Å²) in [4.78, 5) is 20.1. The van der Waals surface area contributed by atoms with Crippen molar-refractivity contribution in [3.8, 4) is 22.9 Å². The van der Waals surface area contributed by atoms with Gasteiger partial charge in [0.1, 0.15) is 28.8 Å². The number of nitrogens with one attached hydrogen (secondary N) is 1. The second kappa shape index (κ2) is 8.92. The number of primary amides is 1. The summed E-state index contributed by atoms with van der Waals surface area (Å²) >= 11 is 0. The van der Waals surface area contributed by atoms with Gasteiger partial charge in [-0.05, 0) is 55.0 Å². The molecule has 4 N–H and O–H groups in total. The fourth-order valence-electron chi connectivity index (χ4n) is 2.40. The molecule has 0 saturated heterocycles. The number of rotatable bonds is 8. The summed E-state index contributed by atoms with van der Waals surface area (Å²) in [5.74, 6) is 0.844. The zero-order valence-electron chi connectivity index (χ0n) is 14.9. The van der Waals surface area contributed by atoms with Gasteiger partial charge >= 0.3 is 0 Å². The molecule has 0 bridgehead atoms. The van der Waals surface area contributed by atoms with E-state index in [9.17, 15) is 9.18 Å². The van der Waals surface area contributed by atoms with E-state index in [1.54, 1.807) is 24.3 Å². The lowest BCUT2D eigenvalue weighted by atomic mass is 10.2. The number of amides is 1. The minimum Gasteiger partial charge on any atom is -0.457 e. The number of hydrogen-bond donors (Lipinski definition) is 3. The van der Waals surface area contributed by atoms with Gasteiger partial charge in [-0.2, -0.15) is 0 Å². The average Bonchev–Trinajstić information content (AvgIpc) is 2.70. The minimum absolute atomic E-state index is 0.0448. The Morgan fingerprint density at radius 3 is 2.32 bits per heavy atom. The molecule has 0 aliphatic heterocycles. The molecule has 8 heteroatoms. The first-order valence-corrected chi connectivity index (χ1v) is 8.62. The number of nitrogens with two attached hydrogens (primary N) is 1. The molecule has 0 aliphatic rings. The first-order chi connectivity index (χ1) is 13.5. The molecule has 1 heterocycles. The molecule has 0 radical (unpaired) electrons. The van der Waals surface area contributed by atoms with Crippen molar-refractivity contribution in [1.29, 1.82) is 0 Å². The lowest BCUT2D eigenvalue weighted by Crippen LogP contribution is -2.15. The molecule has 0 aliphatic carbocycles. The van der Waals surface area contributed by atoms with Gasteiger partial charge in [-0.1, -0.05) is 0 Å². The molecule has 144 valence electrons. The third-order valence-electron chi connectivity index (χ3n) is 3.78. The maximum atomic E-state index is 13.0. The molecule has 0 saturated carbocycles. The molecule has 1 amide bonds. The minimum atomic E-state index is -0.662.